The molecule has 1 aromatic heterocycles. The van der Waals surface area contributed by atoms with Gasteiger partial charge in [-0.1, -0.05) is 15.9 Å². The van der Waals surface area contributed by atoms with Crippen LogP contribution in [0.15, 0.2) is 22.8 Å². The van der Waals surface area contributed by atoms with E-state index in [2.05, 4.69) is 31.5 Å². The van der Waals surface area contributed by atoms with Gasteiger partial charge in [0.05, 0.1) is 12.2 Å². The first-order valence-corrected chi connectivity index (χ1v) is 6.64. The molecule has 0 aliphatic carbocycles. The van der Waals surface area contributed by atoms with Gasteiger partial charge in [0.2, 0.25) is 5.91 Å². The number of pyridine rings is 1. The van der Waals surface area contributed by atoms with E-state index in [1.165, 1.54) is 0 Å². The third-order valence-corrected chi connectivity index (χ3v) is 3.43. The van der Waals surface area contributed by atoms with Crippen LogP contribution in [0.5, 0.6) is 0 Å². The number of piperidine rings is 1. The molecule has 1 aliphatic heterocycles. The van der Waals surface area contributed by atoms with Crippen molar-refractivity contribution >= 4 is 21.8 Å². The summed E-state index contributed by atoms with van der Waals surface area (Å²) < 4.78 is 0.985. The van der Waals surface area contributed by atoms with Gasteiger partial charge in [-0.2, -0.15) is 0 Å². The molecule has 2 rings (SSSR count). The molecule has 0 aromatic carbocycles. The summed E-state index contributed by atoms with van der Waals surface area (Å²) in [5.41, 5.74) is 0.877. The summed E-state index contributed by atoms with van der Waals surface area (Å²) in [5.74, 6) is 0.302. The summed E-state index contributed by atoms with van der Waals surface area (Å²) in [4.78, 5) is 16.1. The first-order chi connectivity index (χ1) is 8.25. The second-order valence-electron chi connectivity index (χ2n) is 4.21. The van der Waals surface area contributed by atoms with E-state index in [9.17, 15) is 4.79 Å². The zero-order valence-electron chi connectivity index (χ0n) is 9.58. The van der Waals surface area contributed by atoms with E-state index in [0.29, 0.717) is 6.54 Å². The first-order valence-electron chi connectivity index (χ1n) is 5.84. The van der Waals surface area contributed by atoms with E-state index in [1.54, 1.807) is 6.20 Å². The van der Waals surface area contributed by atoms with Gasteiger partial charge >= 0.3 is 0 Å². The predicted octanol–water partition coefficient (Wildman–Crippen LogP) is 1.46. The maximum atomic E-state index is 11.9. The van der Waals surface area contributed by atoms with Crippen LogP contribution in [0.4, 0.5) is 0 Å². The van der Waals surface area contributed by atoms with Gasteiger partial charge in [0, 0.05) is 16.6 Å². The Morgan fingerprint density at radius 2 is 2.29 bits per heavy atom. The molecule has 1 fully saturated rings. The maximum absolute atomic E-state index is 11.9. The van der Waals surface area contributed by atoms with Crippen LogP contribution in [0.2, 0.25) is 0 Å². The Bertz CT molecular complexity index is 391. The van der Waals surface area contributed by atoms with Crippen molar-refractivity contribution in [3.8, 4) is 0 Å². The molecule has 2 heterocycles. The van der Waals surface area contributed by atoms with Gasteiger partial charge in [0.15, 0.2) is 0 Å². The largest absolute Gasteiger partial charge is 0.350 e. The van der Waals surface area contributed by atoms with Gasteiger partial charge in [0.25, 0.3) is 0 Å². The fraction of sp³-hybridized carbons (Fsp3) is 0.500. The Balaban J connectivity index is 1.83. The van der Waals surface area contributed by atoms with E-state index in [1.807, 2.05) is 12.1 Å². The van der Waals surface area contributed by atoms with Crippen LogP contribution in [0.3, 0.4) is 0 Å². The Kier molecular flexibility index (Phi) is 4.50. The van der Waals surface area contributed by atoms with Crippen molar-refractivity contribution in [2.45, 2.75) is 19.4 Å². The van der Waals surface area contributed by atoms with Gasteiger partial charge in [-0.15, -0.1) is 0 Å². The van der Waals surface area contributed by atoms with Gasteiger partial charge < -0.3 is 10.6 Å². The molecule has 0 spiro atoms. The zero-order chi connectivity index (χ0) is 12.1. The molecule has 1 amide bonds. The Morgan fingerprint density at radius 3 is 3.00 bits per heavy atom. The fourth-order valence-electron chi connectivity index (χ4n) is 1.95. The molecular formula is C12H16BrN3O. The van der Waals surface area contributed by atoms with Crippen molar-refractivity contribution < 1.29 is 4.79 Å². The third-order valence-electron chi connectivity index (χ3n) is 2.93. The van der Waals surface area contributed by atoms with E-state index in [0.717, 1.165) is 36.1 Å². The topological polar surface area (TPSA) is 54.0 Å². The molecule has 0 radical (unpaired) electrons. The number of amides is 1. The molecule has 0 bridgehead atoms. The number of nitrogens with zero attached hydrogens (tertiary/aromatic N) is 1. The minimum Gasteiger partial charge on any atom is -0.350 e. The summed E-state index contributed by atoms with van der Waals surface area (Å²) in [5, 5.41) is 6.20. The highest BCUT2D eigenvalue weighted by Gasteiger charge is 2.20. The van der Waals surface area contributed by atoms with Crippen LogP contribution in [-0.4, -0.2) is 24.0 Å². The molecule has 1 aromatic rings. The number of nitrogens with one attached hydrogen (secondary N) is 2. The number of hydrogen-bond acceptors (Lipinski definition) is 3. The van der Waals surface area contributed by atoms with Crippen molar-refractivity contribution in [3.63, 3.8) is 0 Å². The number of rotatable bonds is 3. The molecule has 4 nitrogen and oxygen atoms in total. The number of hydrogen-bond donors (Lipinski definition) is 2. The average Bonchev–Trinajstić information content (AvgIpc) is 2.37. The lowest BCUT2D eigenvalue weighted by atomic mass is 9.97. The van der Waals surface area contributed by atoms with Crippen LogP contribution in [0.1, 0.15) is 18.5 Å². The summed E-state index contributed by atoms with van der Waals surface area (Å²) in [6.07, 6.45) is 3.59. The van der Waals surface area contributed by atoms with Crippen LogP contribution in [0, 0.1) is 5.92 Å². The second kappa shape index (κ2) is 6.12. The molecular weight excluding hydrogens is 282 g/mol. The normalized spacial score (nSPS) is 16.8. The van der Waals surface area contributed by atoms with Crippen LogP contribution in [0.25, 0.3) is 0 Å². The first kappa shape index (κ1) is 12.5. The van der Waals surface area contributed by atoms with Crippen molar-refractivity contribution in [2.24, 2.45) is 5.92 Å². The summed E-state index contributed by atoms with van der Waals surface area (Å²) in [7, 11) is 0. The van der Waals surface area contributed by atoms with Crippen molar-refractivity contribution in [2.75, 3.05) is 13.1 Å². The summed E-state index contributed by atoms with van der Waals surface area (Å²) in [6, 6.07) is 3.79. The molecule has 17 heavy (non-hydrogen) atoms. The molecule has 0 atom stereocenters. The number of carbonyl (C=O) groups excluding carboxylic acids is 1. The Labute approximate surface area is 109 Å². The lowest BCUT2D eigenvalue weighted by Gasteiger charge is -2.21. The lowest BCUT2D eigenvalue weighted by molar-refractivity contribution is -0.125. The van der Waals surface area contributed by atoms with Crippen LogP contribution < -0.4 is 10.6 Å². The maximum Gasteiger partial charge on any atom is 0.223 e. The van der Waals surface area contributed by atoms with E-state index >= 15 is 0 Å². The number of carbonyl (C=O) groups is 1. The van der Waals surface area contributed by atoms with Crippen molar-refractivity contribution in [1.29, 1.82) is 0 Å². The number of halogens is 1. The average molecular weight is 298 g/mol. The van der Waals surface area contributed by atoms with E-state index in [-0.39, 0.29) is 11.8 Å². The molecule has 0 unspecified atom stereocenters. The molecule has 1 aliphatic rings. The lowest BCUT2D eigenvalue weighted by Crippen LogP contribution is -2.37. The standard InChI is InChI=1S/C12H16BrN3O/c13-10-3-6-15-11(7-10)8-16-12(17)9-1-4-14-5-2-9/h3,6-7,9,14H,1-2,4-5,8H2,(H,16,17). The quantitative estimate of drug-likeness (QED) is 0.888. The van der Waals surface area contributed by atoms with Crippen molar-refractivity contribution in [3.05, 3.63) is 28.5 Å². The minimum atomic E-state index is 0.147. The third kappa shape index (κ3) is 3.78. The highest BCUT2D eigenvalue weighted by atomic mass is 79.9. The monoisotopic (exact) mass is 297 g/mol. The highest BCUT2D eigenvalue weighted by Crippen LogP contribution is 2.12. The summed E-state index contributed by atoms with van der Waals surface area (Å²) >= 11 is 3.38. The van der Waals surface area contributed by atoms with Crippen LogP contribution >= 0.6 is 15.9 Å². The van der Waals surface area contributed by atoms with Gasteiger partial charge in [0.1, 0.15) is 0 Å². The second-order valence-corrected chi connectivity index (χ2v) is 5.12. The predicted molar refractivity (Wildman–Crippen MR) is 69.4 cm³/mol. The van der Waals surface area contributed by atoms with Crippen molar-refractivity contribution in [1.82, 2.24) is 15.6 Å². The molecule has 5 heteroatoms. The molecule has 1 saturated heterocycles. The van der Waals surface area contributed by atoms with Gasteiger partial charge in [-0.3, -0.25) is 9.78 Å². The highest BCUT2D eigenvalue weighted by molar-refractivity contribution is 9.10. The van der Waals surface area contributed by atoms with E-state index in [4.69, 9.17) is 0 Å². The smallest absolute Gasteiger partial charge is 0.223 e. The van der Waals surface area contributed by atoms with Gasteiger partial charge in [-0.05, 0) is 38.1 Å². The molecule has 2 N–H and O–H groups in total. The van der Waals surface area contributed by atoms with E-state index < -0.39 is 0 Å². The van der Waals surface area contributed by atoms with Crippen LogP contribution in [-0.2, 0) is 11.3 Å². The fourth-order valence-corrected chi connectivity index (χ4v) is 2.33. The minimum absolute atomic E-state index is 0.147. The van der Waals surface area contributed by atoms with Gasteiger partial charge in [-0.25, -0.2) is 0 Å². The number of aromatic nitrogens is 1. The Morgan fingerprint density at radius 1 is 1.53 bits per heavy atom. The Hall–Kier alpha value is -0.940. The summed E-state index contributed by atoms with van der Waals surface area (Å²) in [6.45, 7) is 2.38. The SMILES string of the molecule is O=C(NCc1cc(Br)ccn1)C1CCNCC1. The molecule has 92 valence electrons. The zero-order valence-corrected chi connectivity index (χ0v) is 11.2. The molecule has 0 saturated carbocycles.